The summed E-state index contributed by atoms with van der Waals surface area (Å²) in [6.45, 7) is 6.60. The average Bonchev–Trinajstić information content (AvgIpc) is 2.38. The van der Waals surface area contributed by atoms with Gasteiger partial charge in [0.2, 0.25) is 5.95 Å². The standard InChI is InChI=1S/C15H22N4/c1-5-10-15(2,3)19-13-11-8-6-7-9-12(11)17-14(16-4)18-13/h6-9H,5,10H2,1-4H3,(H2,16,17,18,19). The minimum Gasteiger partial charge on any atom is -0.365 e. The quantitative estimate of drug-likeness (QED) is 0.859. The average molecular weight is 258 g/mol. The number of nitrogens with zero attached hydrogens (tertiary/aromatic N) is 2. The number of rotatable bonds is 5. The first-order chi connectivity index (χ1) is 9.05. The Morgan fingerprint density at radius 2 is 1.89 bits per heavy atom. The molecule has 1 aromatic heterocycles. The summed E-state index contributed by atoms with van der Waals surface area (Å²) in [7, 11) is 1.84. The van der Waals surface area contributed by atoms with Crippen molar-refractivity contribution in [2.45, 2.75) is 39.2 Å². The van der Waals surface area contributed by atoms with Crippen LogP contribution in [0.4, 0.5) is 11.8 Å². The lowest BCUT2D eigenvalue weighted by molar-refractivity contribution is 0.509. The van der Waals surface area contributed by atoms with Crippen molar-refractivity contribution < 1.29 is 0 Å². The van der Waals surface area contributed by atoms with Crippen molar-refractivity contribution in [3.63, 3.8) is 0 Å². The number of aromatic nitrogens is 2. The highest BCUT2D eigenvalue weighted by molar-refractivity contribution is 5.90. The van der Waals surface area contributed by atoms with Gasteiger partial charge in [0, 0.05) is 18.0 Å². The van der Waals surface area contributed by atoms with E-state index in [4.69, 9.17) is 0 Å². The fourth-order valence-electron chi connectivity index (χ4n) is 2.29. The lowest BCUT2D eigenvalue weighted by atomic mass is 9.99. The van der Waals surface area contributed by atoms with Crippen LogP contribution >= 0.6 is 0 Å². The molecule has 2 N–H and O–H groups in total. The Morgan fingerprint density at radius 3 is 2.58 bits per heavy atom. The number of nitrogens with one attached hydrogen (secondary N) is 2. The van der Waals surface area contributed by atoms with Crippen LogP contribution < -0.4 is 10.6 Å². The van der Waals surface area contributed by atoms with Gasteiger partial charge in [-0.05, 0) is 32.4 Å². The van der Waals surface area contributed by atoms with Gasteiger partial charge in [0.1, 0.15) is 5.82 Å². The molecular weight excluding hydrogens is 236 g/mol. The fourth-order valence-corrected chi connectivity index (χ4v) is 2.29. The van der Waals surface area contributed by atoms with Crippen LogP contribution in [0.15, 0.2) is 24.3 Å². The molecule has 0 radical (unpaired) electrons. The van der Waals surface area contributed by atoms with Crippen LogP contribution in [0.2, 0.25) is 0 Å². The number of hydrogen-bond acceptors (Lipinski definition) is 4. The third kappa shape index (κ3) is 3.13. The molecule has 4 heteroatoms. The number of hydrogen-bond donors (Lipinski definition) is 2. The number of benzene rings is 1. The van der Waals surface area contributed by atoms with Crippen molar-refractivity contribution in [1.82, 2.24) is 9.97 Å². The summed E-state index contributed by atoms with van der Waals surface area (Å²) in [5.74, 6) is 1.54. The zero-order valence-corrected chi connectivity index (χ0v) is 12.1. The summed E-state index contributed by atoms with van der Waals surface area (Å²) in [6, 6.07) is 8.08. The largest absolute Gasteiger partial charge is 0.365 e. The summed E-state index contributed by atoms with van der Waals surface area (Å²) >= 11 is 0. The second-order valence-electron chi connectivity index (χ2n) is 5.42. The van der Waals surface area contributed by atoms with Crippen LogP contribution in [0.5, 0.6) is 0 Å². The lowest BCUT2D eigenvalue weighted by Crippen LogP contribution is -2.31. The van der Waals surface area contributed by atoms with E-state index in [0.29, 0.717) is 5.95 Å². The molecule has 19 heavy (non-hydrogen) atoms. The molecule has 0 bridgehead atoms. The second kappa shape index (κ2) is 5.43. The first-order valence-electron chi connectivity index (χ1n) is 6.78. The molecule has 0 aliphatic heterocycles. The number of fused-ring (bicyclic) bond motifs is 1. The molecule has 0 saturated heterocycles. The molecule has 0 fully saturated rings. The van der Waals surface area contributed by atoms with Crippen LogP contribution in [0.1, 0.15) is 33.6 Å². The predicted octanol–water partition coefficient (Wildman–Crippen LogP) is 3.66. The second-order valence-corrected chi connectivity index (χ2v) is 5.42. The van der Waals surface area contributed by atoms with Gasteiger partial charge in [-0.2, -0.15) is 4.98 Å². The third-order valence-corrected chi connectivity index (χ3v) is 3.16. The molecule has 0 aliphatic carbocycles. The Morgan fingerprint density at radius 1 is 1.16 bits per heavy atom. The monoisotopic (exact) mass is 258 g/mol. The minimum absolute atomic E-state index is 0.0247. The molecule has 0 spiro atoms. The molecule has 1 aromatic carbocycles. The molecule has 0 aliphatic rings. The maximum absolute atomic E-state index is 4.55. The summed E-state index contributed by atoms with van der Waals surface area (Å²) in [5.41, 5.74) is 0.980. The van der Waals surface area contributed by atoms with Gasteiger partial charge < -0.3 is 10.6 Å². The van der Waals surface area contributed by atoms with E-state index in [1.54, 1.807) is 0 Å². The van der Waals surface area contributed by atoms with Crippen LogP contribution in [0.25, 0.3) is 10.9 Å². The van der Waals surface area contributed by atoms with E-state index in [0.717, 1.165) is 29.6 Å². The molecular formula is C15H22N4. The molecule has 4 nitrogen and oxygen atoms in total. The topological polar surface area (TPSA) is 49.8 Å². The zero-order valence-electron chi connectivity index (χ0n) is 12.1. The van der Waals surface area contributed by atoms with Gasteiger partial charge in [0.25, 0.3) is 0 Å². The van der Waals surface area contributed by atoms with Crippen LogP contribution in [-0.2, 0) is 0 Å². The van der Waals surface area contributed by atoms with Crippen LogP contribution in [-0.4, -0.2) is 22.6 Å². The SMILES string of the molecule is CCCC(C)(C)Nc1nc(NC)nc2ccccc12. The third-order valence-electron chi connectivity index (χ3n) is 3.16. The molecule has 1 heterocycles. The van der Waals surface area contributed by atoms with E-state index in [2.05, 4.69) is 47.4 Å². The zero-order chi connectivity index (χ0) is 13.9. The first kappa shape index (κ1) is 13.6. The molecule has 102 valence electrons. The smallest absolute Gasteiger partial charge is 0.224 e. The van der Waals surface area contributed by atoms with E-state index in [1.165, 1.54) is 0 Å². The highest BCUT2D eigenvalue weighted by Crippen LogP contribution is 2.26. The van der Waals surface area contributed by atoms with Gasteiger partial charge in [-0.15, -0.1) is 0 Å². The van der Waals surface area contributed by atoms with Gasteiger partial charge in [-0.3, -0.25) is 0 Å². The highest BCUT2D eigenvalue weighted by atomic mass is 15.1. The van der Waals surface area contributed by atoms with E-state index >= 15 is 0 Å². The van der Waals surface area contributed by atoms with Crippen LogP contribution in [0, 0.1) is 0 Å². The fraction of sp³-hybridized carbons (Fsp3) is 0.467. The van der Waals surface area contributed by atoms with Crippen LogP contribution in [0.3, 0.4) is 0 Å². The van der Waals surface area contributed by atoms with Gasteiger partial charge >= 0.3 is 0 Å². The number of anilines is 2. The van der Waals surface area contributed by atoms with Gasteiger partial charge in [0.15, 0.2) is 0 Å². The first-order valence-corrected chi connectivity index (χ1v) is 6.78. The van der Waals surface area contributed by atoms with Crippen molar-refractivity contribution in [1.29, 1.82) is 0 Å². The molecule has 2 rings (SSSR count). The molecule has 2 aromatic rings. The summed E-state index contributed by atoms with van der Waals surface area (Å²) in [6.07, 6.45) is 2.24. The normalized spacial score (nSPS) is 11.6. The van der Waals surface area contributed by atoms with Crippen molar-refractivity contribution in [2.24, 2.45) is 0 Å². The molecule has 0 amide bonds. The summed E-state index contributed by atoms with van der Waals surface area (Å²) in [5, 5.41) is 7.62. The van der Waals surface area contributed by atoms with Gasteiger partial charge in [-0.25, -0.2) is 4.98 Å². The molecule has 0 unspecified atom stereocenters. The maximum Gasteiger partial charge on any atom is 0.224 e. The van der Waals surface area contributed by atoms with E-state index in [-0.39, 0.29) is 5.54 Å². The lowest BCUT2D eigenvalue weighted by Gasteiger charge is -2.27. The van der Waals surface area contributed by atoms with Gasteiger partial charge in [0.05, 0.1) is 5.52 Å². The Hall–Kier alpha value is -1.84. The van der Waals surface area contributed by atoms with Crippen molar-refractivity contribution in [2.75, 3.05) is 17.7 Å². The number of para-hydroxylation sites is 1. The van der Waals surface area contributed by atoms with E-state index < -0.39 is 0 Å². The molecule has 0 saturated carbocycles. The van der Waals surface area contributed by atoms with E-state index in [1.807, 2.05) is 25.2 Å². The Labute approximate surface area is 114 Å². The van der Waals surface area contributed by atoms with Gasteiger partial charge in [-0.1, -0.05) is 25.5 Å². The highest BCUT2D eigenvalue weighted by Gasteiger charge is 2.18. The Bertz CT molecular complexity index is 563. The summed E-state index contributed by atoms with van der Waals surface area (Å²) in [4.78, 5) is 9.02. The maximum atomic E-state index is 4.55. The van der Waals surface area contributed by atoms with Crippen molar-refractivity contribution in [3.8, 4) is 0 Å². The van der Waals surface area contributed by atoms with E-state index in [9.17, 15) is 0 Å². The van der Waals surface area contributed by atoms with Crippen molar-refractivity contribution >= 4 is 22.7 Å². The van der Waals surface area contributed by atoms with Crippen molar-refractivity contribution in [3.05, 3.63) is 24.3 Å². The Kier molecular flexibility index (Phi) is 3.88. The Balaban J connectivity index is 2.46. The predicted molar refractivity (Wildman–Crippen MR) is 81.7 cm³/mol. The minimum atomic E-state index is 0.0247. The summed E-state index contributed by atoms with van der Waals surface area (Å²) < 4.78 is 0. The molecule has 0 atom stereocenters.